The third-order valence-corrected chi connectivity index (χ3v) is 5.41. The van der Waals surface area contributed by atoms with Gasteiger partial charge in [0.25, 0.3) is 0 Å². The maximum absolute atomic E-state index is 5.89. The first-order valence-corrected chi connectivity index (χ1v) is 9.07. The average Bonchev–Trinajstić information content (AvgIpc) is 2.61. The van der Waals surface area contributed by atoms with E-state index in [1.807, 2.05) is 25.1 Å². The number of hydrogen-bond acceptors (Lipinski definition) is 3. The Kier molecular flexibility index (Phi) is 5.39. The Bertz CT molecular complexity index is 720. The van der Waals surface area contributed by atoms with Crippen molar-refractivity contribution in [3.8, 4) is 5.75 Å². The van der Waals surface area contributed by atoms with Crippen molar-refractivity contribution in [2.24, 2.45) is 0 Å². The molecule has 1 aliphatic rings. The lowest BCUT2D eigenvalue weighted by molar-refractivity contribution is 0.338. The SMILES string of the molecule is CCOc1ccc2c(c1C(S)=C(S)c1ccccc1)CCCC2. The van der Waals surface area contributed by atoms with Crippen LogP contribution in [0.25, 0.3) is 9.81 Å². The molecule has 0 aliphatic heterocycles. The summed E-state index contributed by atoms with van der Waals surface area (Å²) >= 11 is 9.60. The highest BCUT2D eigenvalue weighted by molar-refractivity contribution is 7.96. The van der Waals surface area contributed by atoms with Crippen LogP contribution in [0.3, 0.4) is 0 Å². The summed E-state index contributed by atoms with van der Waals surface area (Å²) in [6, 6.07) is 14.5. The molecular weight excluding hydrogens is 320 g/mol. The molecule has 0 heterocycles. The molecule has 0 bridgehead atoms. The molecule has 120 valence electrons. The molecule has 1 nitrogen and oxygen atoms in total. The molecule has 0 saturated carbocycles. The minimum absolute atomic E-state index is 0.653. The Labute approximate surface area is 149 Å². The number of benzene rings is 2. The van der Waals surface area contributed by atoms with E-state index in [2.05, 4.69) is 24.3 Å². The second-order valence-corrected chi connectivity index (χ2v) is 6.67. The second-order valence-electron chi connectivity index (χ2n) is 5.78. The molecule has 23 heavy (non-hydrogen) atoms. The normalized spacial score (nSPS) is 14.9. The zero-order valence-electron chi connectivity index (χ0n) is 13.4. The lowest BCUT2D eigenvalue weighted by Gasteiger charge is -2.23. The van der Waals surface area contributed by atoms with Crippen LogP contribution in [0.1, 0.15) is 42.0 Å². The standard InChI is InChI=1S/C20H22OS2/c1-2-21-17-13-12-14-8-6-7-11-16(14)18(17)20(23)19(22)15-9-4-3-5-10-15/h3-5,9-10,12-13,22-23H,2,6-8,11H2,1H3. The molecule has 0 fully saturated rings. The number of rotatable bonds is 4. The Morgan fingerprint density at radius 1 is 0.957 bits per heavy atom. The minimum Gasteiger partial charge on any atom is -0.493 e. The summed E-state index contributed by atoms with van der Waals surface area (Å²) in [5, 5.41) is 0. The number of fused-ring (bicyclic) bond motifs is 1. The van der Waals surface area contributed by atoms with Gasteiger partial charge in [0.1, 0.15) is 5.75 Å². The van der Waals surface area contributed by atoms with Gasteiger partial charge >= 0.3 is 0 Å². The molecule has 2 aromatic carbocycles. The Balaban J connectivity index is 2.17. The van der Waals surface area contributed by atoms with Gasteiger partial charge in [-0.05, 0) is 55.4 Å². The van der Waals surface area contributed by atoms with Gasteiger partial charge in [-0.2, -0.15) is 0 Å². The summed E-state index contributed by atoms with van der Waals surface area (Å²) in [6.07, 6.45) is 4.72. The number of hydrogen-bond donors (Lipinski definition) is 2. The molecule has 1 aliphatic carbocycles. The van der Waals surface area contributed by atoms with E-state index < -0.39 is 0 Å². The Morgan fingerprint density at radius 3 is 2.43 bits per heavy atom. The average molecular weight is 343 g/mol. The van der Waals surface area contributed by atoms with Crippen LogP contribution in [0.5, 0.6) is 5.75 Å². The van der Waals surface area contributed by atoms with Crippen LogP contribution in [0, 0.1) is 0 Å². The molecule has 0 radical (unpaired) electrons. The molecular formula is C20H22OS2. The Morgan fingerprint density at radius 2 is 1.70 bits per heavy atom. The van der Waals surface area contributed by atoms with Gasteiger partial charge in [0.05, 0.1) is 6.61 Å². The molecule has 0 amide bonds. The van der Waals surface area contributed by atoms with E-state index in [1.54, 1.807) is 0 Å². The highest BCUT2D eigenvalue weighted by Gasteiger charge is 2.20. The van der Waals surface area contributed by atoms with Crippen molar-refractivity contribution < 1.29 is 4.74 Å². The van der Waals surface area contributed by atoms with Gasteiger partial charge in [0.2, 0.25) is 0 Å². The van der Waals surface area contributed by atoms with Gasteiger partial charge < -0.3 is 4.74 Å². The van der Waals surface area contributed by atoms with Crippen LogP contribution in [0.4, 0.5) is 0 Å². The monoisotopic (exact) mass is 342 g/mol. The smallest absolute Gasteiger partial charge is 0.127 e. The van der Waals surface area contributed by atoms with Crippen LogP contribution in [-0.2, 0) is 12.8 Å². The van der Waals surface area contributed by atoms with E-state index >= 15 is 0 Å². The maximum atomic E-state index is 5.89. The van der Waals surface area contributed by atoms with Crippen LogP contribution in [0.2, 0.25) is 0 Å². The van der Waals surface area contributed by atoms with E-state index in [1.165, 1.54) is 24.0 Å². The van der Waals surface area contributed by atoms with Gasteiger partial charge in [-0.1, -0.05) is 36.4 Å². The number of thiol groups is 2. The topological polar surface area (TPSA) is 9.23 Å². The van der Waals surface area contributed by atoms with Crippen LogP contribution >= 0.6 is 25.3 Å². The summed E-state index contributed by atoms with van der Waals surface area (Å²) in [5.41, 5.74) is 5.02. The van der Waals surface area contributed by atoms with Crippen molar-refractivity contribution >= 4 is 35.1 Å². The first kappa shape index (κ1) is 16.5. The van der Waals surface area contributed by atoms with E-state index in [-0.39, 0.29) is 0 Å². The fraction of sp³-hybridized carbons (Fsp3) is 0.300. The highest BCUT2D eigenvalue weighted by Crippen LogP contribution is 2.41. The van der Waals surface area contributed by atoms with Crippen LogP contribution in [0.15, 0.2) is 42.5 Å². The largest absolute Gasteiger partial charge is 0.493 e. The Hall–Kier alpha value is -1.32. The van der Waals surface area contributed by atoms with E-state index in [0.717, 1.165) is 39.5 Å². The molecule has 3 rings (SSSR count). The quantitative estimate of drug-likeness (QED) is 0.539. The summed E-state index contributed by atoms with van der Waals surface area (Å²) in [5.74, 6) is 0.917. The molecule has 3 heteroatoms. The van der Waals surface area contributed by atoms with Crippen molar-refractivity contribution in [1.82, 2.24) is 0 Å². The van der Waals surface area contributed by atoms with Crippen molar-refractivity contribution in [1.29, 1.82) is 0 Å². The molecule has 2 aromatic rings. The number of aryl methyl sites for hydroxylation is 1. The fourth-order valence-electron chi connectivity index (χ4n) is 3.19. The van der Waals surface area contributed by atoms with Crippen molar-refractivity contribution in [3.63, 3.8) is 0 Å². The van der Waals surface area contributed by atoms with Crippen molar-refractivity contribution in [2.45, 2.75) is 32.6 Å². The molecule has 0 aromatic heterocycles. The van der Waals surface area contributed by atoms with E-state index in [4.69, 9.17) is 30.0 Å². The fourth-order valence-corrected chi connectivity index (χ4v) is 3.83. The predicted molar refractivity (Wildman–Crippen MR) is 105 cm³/mol. The lowest BCUT2D eigenvalue weighted by Crippen LogP contribution is -2.08. The van der Waals surface area contributed by atoms with Crippen LogP contribution < -0.4 is 4.74 Å². The van der Waals surface area contributed by atoms with Gasteiger partial charge in [-0.25, -0.2) is 0 Å². The lowest BCUT2D eigenvalue weighted by atomic mass is 9.87. The first-order chi connectivity index (χ1) is 11.2. The second kappa shape index (κ2) is 7.50. The predicted octanol–water partition coefficient (Wildman–Crippen LogP) is 5.65. The molecule has 0 spiro atoms. The first-order valence-electron chi connectivity index (χ1n) is 8.18. The zero-order chi connectivity index (χ0) is 16.2. The zero-order valence-corrected chi connectivity index (χ0v) is 15.2. The number of ether oxygens (including phenoxy) is 1. The highest BCUT2D eigenvalue weighted by atomic mass is 32.1. The summed E-state index contributed by atoms with van der Waals surface area (Å²) < 4.78 is 5.89. The molecule has 0 atom stereocenters. The maximum Gasteiger partial charge on any atom is 0.127 e. The summed E-state index contributed by atoms with van der Waals surface area (Å²) in [4.78, 5) is 1.80. The van der Waals surface area contributed by atoms with E-state index in [0.29, 0.717) is 6.61 Å². The third-order valence-electron chi connectivity index (χ3n) is 4.30. The minimum atomic E-state index is 0.653. The van der Waals surface area contributed by atoms with Crippen LogP contribution in [-0.4, -0.2) is 6.61 Å². The van der Waals surface area contributed by atoms with E-state index in [9.17, 15) is 0 Å². The van der Waals surface area contributed by atoms with Crippen molar-refractivity contribution in [3.05, 3.63) is 64.7 Å². The van der Waals surface area contributed by atoms with Gasteiger partial charge in [0.15, 0.2) is 0 Å². The van der Waals surface area contributed by atoms with Gasteiger partial charge in [-0.15, -0.1) is 25.3 Å². The summed E-state index contributed by atoms with van der Waals surface area (Å²) in [6.45, 7) is 2.67. The molecule has 0 saturated heterocycles. The van der Waals surface area contributed by atoms with Gasteiger partial charge in [-0.3, -0.25) is 0 Å². The third kappa shape index (κ3) is 3.46. The van der Waals surface area contributed by atoms with Gasteiger partial charge in [0, 0.05) is 15.4 Å². The van der Waals surface area contributed by atoms with Crippen molar-refractivity contribution in [2.75, 3.05) is 6.61 Å². The summed E-state index contributed by atoms with van der Waals surface area (Å²) in [7, 11) is 0. The molecule has 0 N–H and O–H groups in total. The molecule has 0 unspecified atom stereocenters.